The molecule has 3 rings (SSSR count). The number of para-hydroxylation sites is 1. The molecule has 0 bridgehead atoms. The number of hydrogen-bond donors (Lipinski definition) is 1. The maximum atomic E-state index is 13.9. The number of anilines is 1. The summed E-state index contributed by atoms with van der Waals surface area (Å²) in [5, 5.41) is 3.01. The number of nitrogens with zero attached hydrogens (tertiary/aromatic N) is 2. The molecular weight excluding hydrogens is 369 g/mol. The van der Waals surface area contributed by atoms with E-state index >= 15 is 0 Å². The van der Waals surface area contributed by atoms with Crippen LogP contribution in [-0.4, -0.2) is 57.2 Å². The topological polar surface area (TPSA) is 44.8 Å². The number of aryl methyl sites for hydroxylation is 1. The normalized spacial score (nSPS) is 14.6. The molecule has 0 aromatic heterocycles. The Morgan fingerprint density at radius 3 is 2.48 bits per heavy atom. The van der Waals surface area contributed by atoms with Gasteiger partial charge in [-0.15, -0.1) is 0 Å². The van der Waals surface area contributed by atoms with E-state index in [1.807, 2.05) is 36.4 Å². The smallest absolute Gasteiger partial charge is 0.220 e. The van der Waals surface area contributed by atoms with E-state index in [4.69, 9.17) is 4.74 Å². The number of ether oxygens (including phenoxy) is 1. The highest BCUT2D eigenvalue weighted by Crippen LogP contribution is 2.20. The highest BCUT2D eigenvalue weighted by molar-refractivity contribution is 5.76. The summed E-state index contributed by atoms with van der Waals surface area (Å²) in [6.07, 6.45) is 2.15. The fraction of sp³-hybridized carbons (Fsp3) is 0.435. The van der Waals surface area contributed by atoms with Crippen molar-refractivity contribution in [3.8, 4) is 5.75 Å². The van der Waals surface area contributed by atoms with Gasteiger partial charge in [-0.05, 0) is 49.2 Å². The van der Waals surface area contributed by atoms with Gasteiger partial charge in [-0.1, -0.05) is 24.3 Å². The summed E-state index contributed by atoms with van der Waals surface area (Å²) in [5.74, 6) is 0.761. The zero-order chi connectivity index (χ0) is 20.5. The third kappa shape index (κ3) is 6.46. The third-order valence-corrected chi connectivity index (χ3v) is 5.34. The summed E-state index contributed by atoms with van der Waals surface area (Å²) in [5.41, 5.74) is 1.82. The largest absolute Gasteiger partial charge is 0.497 e. The van der Waals surface area contributed by atoms with Crippen LogP contribution in [0.5, 0.6) is 5.75 Å². The lowest BCUT2D eigenvalue weighted by Gasteiger charge is -2.36. The van der Waals surface area contributed by atoms with Gasteiger partial charge in [0, 0.05) is 39.1 Å². The molecule has 1 fully saturated rings. The first-order chi connectivity index (χ1) is 14.2. The number of carbonyl (C=O) groups is 1. The van der Waals surface area contributed by atoms with Crippen molar-refractivity contribution < 1.29 is 13.9 Å². The highest BCUT2D eigenvalue weighted by Gasteiger charge is 2.18. The van der Waals surface area contributed by atoms with Gasteiger partial charge in [0.05, 0.1) is 12.8 Å². The first-order valence-electron chi connectivity index (χ1n) is 10.3. The molecule has 6 heteroatoms. The summed E-state index contributed by atoms with van der Waals surface area (Å²) in [6, 6.07) is 14.8. The molecule has 156 valence electrons. The van der Waals surface area contributed by atoms with Crippen molar-refractivity contribution in [2.45, 2.75) is 19.3 Å². The summed E-state index contributed by atoms with van der Waals surface area (Å²) in [7, 11) is 1.64. The van der Waals surface area contributed by atoms with Gasteiger partial charge in [-0.2, -0.15) is 0 Å². The van der Waals surface area contributed by atoms with Crippen molar-refractivity contribution in [3.63, 3.8) is 0 Å². The van der Waals surface area contributed by atoms with Crippen LogP contribution in [-0.2, 0) is 11.2 Å². The molecule has 0 spiro atoms. The molecule has 1 amide bonds. The van der Waals surface area contributed by atoms with E-state index in [-0.39, 0.29) is 11.7 Å². The summed E-state index contributed by atoms with van der Waals surface area (Å²) >= 11 is 0. The standard InChI is InChI=1S/C23H30FN3O2/c1-29-20-10-7-19(8-11-20)9-12-23(28)25-13-4-14-26-15-17-27(18-16-26)22-6-3-2-5-21(22)24/h2-3,5-8,10-11H,4,9,12-18H2,1H3,(H,25,28). The predicted molar refractivity (Wildman–Crippen MR) is 114 cm³/mol. The third-order valence-electron chi connectivity index (χ3n) is 5.34. The predicted octanol–water partition coefficient (Wildman–Crippen LogP) is 3.10. The molecule has 2 aromatic carbocycles. The number of carbonyl (C=O) groups excluding carboxylic acids is 1. The van der Waals surface area contributed by atoms with E-state index in [9.17, 15) is 9.18 Å². The zero-order valence-corrected chi connectivity index (χ0v) is 17.1. The Kier molecular flexibility index (Phi) is 7.87. The second-order valence-corrected chi connectivity index (χ2v) is 7.33. The van der Waals surface area contributed by atoms with Crippen molar-refractivity contribution in [1.29, 1.82) is 0 Å². The Bertz CT molecular complexity index is 774. The molecule has 1 aliphatic rings. The second-order valence-electron chi connectivity index (χ2n) is 7.33. The number of halogens is 1. The van der Waals surface area contributed by atoms with Gasteiger partial charge in [-0.25, -0.2) is 4.39 Å². The molecule has 0 saturated carbocycles. The number of nitrogens with one attached hydrogen (secondary N) is 1. The molecule has 1 N–H and O–H groups in total. The monoisotopic (exact) mass is 399 g/mol. The first kappa shape index (κ1) is 21.1. The lowest BCUT2D eigenvalue weighted by atomic mass is 10.1. The molecular formula is C23H30FN3O2. The minimum absolute atomic E-state index is 0.0881. The van der Waals surface area contributed by atoms with Crippen molar-refractivity contribution in [1.82, 2.24) is 10.2 Å². The summed E-state index contributed by atoms with van der Waals surface area (Å²) < 4.78 is 19.0. The minimum atomic E-state index is -0.154. The van der Waals surface area contributed by atoms with E-state index in [1.165, 1.54) is 6.07 Å². The second kappa shape index (κ2) is 10.8. The summed E-state index contributed by atoms with van der Waals surface area (Å²) in [4.78, 5) is 16.5. The van der Waals surface area contributed by atoms with Gasteiger partial charge >= 0.3 is 0 Å². The highest BCUT2D eigenvalue weighted by atomic mass is 19.1. The Morgan fingerprint density at radius 2 is 1.79 bits per heavy atom. The number of methoxy groups -OCH3 is 1. The maximum absolute atomic E-state index is 13.9. The molecule has 0 aliphatic carbocycles. The molecule has 0 radical (unpaired) electrons. The molecule has 0 unspecified atom stereocenters. The van der Waals surface area contributed by atoms with Gasteiger partial charge in [0.2, 0.25) is 5.91 Å². The molecule has 29 heavy (non-hydrogen) atoms. The van der Waals surface area contributed by atoms with Gasteiger partial charge in [0.25, 0.3) is 0 Å². The van der Waals surface area contributed by atoms with E-state index in [1.54, 1.807) is 13.2 Å². The number of benzene rings is 2. The molecule has 1 heterocycles. The minimum Gasteiger partial charge on any atom is -0.497 e. The first-order valence-corrected chi connectivity index (χ1v) is 10.3. The van der Waals surface area contributed by atoms with Crippen LogP contribution < -0.4 is 15.0 Å². The number of hydrogen-bond acceptors (Lipinski definition) is 4. The average Bonchev–Trinajstić information content (AvgIpc) is 2.76. The number of rotatable bonds is 9. The Labute approximate surface area is 172 Å². The lowest BCUT2D eigenvalue weighted by molar-refractivity contribution is -0.121. The fourth-order valence-corrected chi connectivity index (χ4v) is 3.59. The fourth-order valence-electron chi connectivity index (χ4n) is 3.59. The van der Waals surface area contributed by atoms with E-state index in [0.29, 0.717) is 18.7 Å². The van der Waals surface area contributed by atoms with Gasteiger partial charge in [0.1, 0.15) is 11.6 Å². The quantitative estimate of drug-likeness (QED) is 0.658. The number of amides is 1. The molecule has 1 saturated heterocycles. The molecule has 1 aliphatic heterocycles. The Hall–Kier alpha value is -2.60. The lowest BCUT2D eigenvalue weighted by Crippen LogP contribution is -2.47. The van der Waals surface area contributed by atoms with Crippen LogP contribution in [0.1, 0.15) is 18.4 Å². The van der Waals surface area contributed by atoms with Gasteiger partial charge in [0.15, 0.2) is 0 Å². The average molecular weight is 400 g/mol. The van der Waals surface area contributed by atoms with E-state index in [2.05, 4.69) is 15.1 Å². The Morgan fingerprint density at radius 1 is 1.07 bits per heavy atom. The molecule has 5 nitrogen and oxygen atoms in total. The summed E-state index contributed by atoms with van der Waals surface area (Å²) in [6.45, 7) is 5.13. The zero-order valence-electron chi connectivity index (χ0n) is 17.1. The van der Waals surface area contributed by atoms with Crippen LogP contribution in [0.4, 0.5) is 10.1 Å². The van der Waals surface area contributed by atoms with Crippen molar-refractivity contribution in [3.05, 3.63) is 59.9 Å². The van der Waals surface area contributed by atoms with Crippen LogP contribution in [0.15, 0.2) is 48.5 Å². The van der Waals surface area contributed by atoms with Crippen molar-refractivity contribution in [2.24, 2.45) is 0 Å². The molecule has 2 aromatic rings. The van der Waals surface area contributed by atoms with Crippen LogP contribution in [0, 0.1) is 5.82 Å². The van der Waals surface area contributed by atoms with Crippen LogP contribution in [0.25, 0.3) is 0 Å². The van der Waals surface area contributed by atoms with Crippen LogP contribution >= 0.6 is 0 Å². The van der Waals surface area contributed by atoms with Crippen molar-refractivity contribution >= 4 is 11.6 Å². The number of piperazine rings is 1. The maximum Gasteiger partial charge on any atom is 0.220 e. The van der Waals surface area contributed by atoms with E-state index in [0.717, 1.165) is 56.9 Å². The van der Waals surface area contributed by atoms with Gasteiger partial charge in [-0.3, -0.25) is 9.69 Å². The molecule has 0 atom stereocenters. The van der Waals surface area contributed by atoms with Crippen molar-refractivity contribution in [2.75, 3.05) is 51.3 Å². The van der Waals surface area contributed by atoms with Crippen LogP contribution in [0.3, 0.4) is 0 Å². The van der Waals surface area contributed by atoms with Crippen LogP contribution in [0.2, 0.25) is 0 Å². The van der Waals surface area contributed by atoms with Gasteiger partial charge < -0.3 is 15.0 Å². The SMILES string of the molecule is COc1ccc(CCC(=O)NCCCN2CCN(c3ccccc3F)CC2)cc1. The Balaban J connectivity index is 1.28. The van der Waals surface area contributed by atoms with E-state index < -0.39 is 0 Å².